The molecule has 0 aliphatic heterocycles. The van der Waals surface area contributed by atoms with Crippen LogP contribution in [-0.2, 0) is 11.3 Å². The minimum atomic E-state index is 0.0901. The maximum absolute atomic E-state index is 11.7. The zero-order valence-electron chi connectivity index (χ0n) is 11.3. The molecule has 0 fully saturated rings. The highest BCUT2D eigenvalue weighted by molar-refractivity contribution is 5.75. The normalized spacial score (nSPS) is 12.7. The van der Waals surface area contributed by atoms with Crippen LogP contribution in [0.2, 0.25) is 0 Å². The molecule has 1 heterocycles. The van der Waals surface area contributed by atoms with E-state index in [0.717, 1.165) is 18.5 Å². The van der Waals surface area contributed by atoms with Gasteiger partial charge in [-0.15, -0.1) is 0 Å². The van der Waals surface area contributed by atoms with Crippen LogP contribution < -0.4 is 11.1 Å². The third-order valence-corrected chi connectivity index (χ3v) is 3.25. The SMILES string of the molecule is CC(C)C(CCN)CCC(=O)NCc1cnc[nH]1. The molecule has 0 radical (unpaired) electrons. The van der Waals surface area contributed by atoms with E-state index in [0.29, 0.717) is 31.3 Å². The third-order valence-electron chi connectivity index (χ3n) is 3.25. The van der Waals surface area contributed by atoms with Gasteiger partial charge in [0.2, 0.25) is 5.91 Å². The molecular formula is C13H24N4O. The number of H-pyrrole nitrogens is 1. The van der Waals surface area contributed by atoms with Crippen molar-refractivity contribution in [1.82, 2.24) is 15.3 Å². The Balaban J connectivity index is 2.23. The monoisotopic (exact) mass is 252 g/mol. The minimum absolute atomic E-state index is 0.0901. The van der Waals surface area contributed by atoms with Crippen molar-refractivity contribution in [1.29, 1.82) is 0 Å². The van der Waals surface area contributed by atoms with Crippen LogP contribution in [0.1, 0.15) is 38.8 Å². The van der Waals surface area contributed by atoms with Crippen LogP contribution in [0.4, 0.5) is 0 Å². The number of imidazole rings is 1. The number of rotatable bonds is 8. The van der Waals surface area contributed by atoms with Crippen LogP contribution in [0, 0.1) is 11.8 Å². The number of aromatic amines is 1. The summed E-state index contributed by atoms with van der Waals surface area (Å²) in [4.78, 5) is 18.5. The first-order valence-electron chi connectivity index (χ1n) is 6.57. The molecule has 1 unspecified atom stereocenters. The molecule has 4 N–H and O–H groups in total. The van der Waals surface area contributed by atoms with E-state index in [2.05, 4.69) is 29.1 Å². The molecule has 102 valence electrons. The quantitative estimate of drug-likeness (QED) is 0.654. The molecule has 0 aliphatic rings. The van der Waals surface area contributed by atoms with Crippen LogP contribution in [-0.4, -0.2) is 22.4 Å². The fourth-order valence-electron chi connectivity index (χ4n) is 2.01. The summed E-state index contributed by atoms with van der Waals surface area (Å²) in [6.45, 7) is 5.58. The van der Waals surface area contributed by atoms with Crippen molar-refractivity contribution in [3.63, 3.8) is 0 Å². The minimum Gasteiger partial charge on any atom is -0.350 e. The van der Waals surface area contributed by atoms with Crippen LogP contribution in [0.15, 0.2) is 12.5 Å². The molecule has 18 heavy (non-hydrogen) atoms. The lowest BCUT2D eigenvalue weighted by Gasteiger charge is -2.19. The lowest BCUT2D eigenvalue weighted by Crippen LogP contribution is -2.24. The molecule has 5 heteroatoms. The number of nitrogens with zero attached hydrogens (tertiary/aromatic N) is 1. The van der Waals surface area contributed by atoms with E-state index in [1.165, 1.54) is 0 Å². The molecule has 0 saturated carbocycles. The van der Waals surface area contributed by atoms with Gasteiger partial charge in [-0.05, 0) is 31.2 Å². The summed E-state index contributed by atoms with van der Waals surface area (Å²) in [5.41, 5.74) is 6.51. The summed E-state index contributed by atoms with van der Waals surface area (Å²) in [6.07, 6.45) is 5.79. The molecule has 0 aliphatic carbocycles. The molecule has 0 saturated heterocycles. The van der Waals surface area contributed by atoms with Crippen molar-refractivity contribution in [3.8, 4) is 0 Å². The molecule has 1 aromatic heterocycles. The van der Waals surface area contributed by atoms with E-state index < -0.39 is 0 Å². The Morgan fingerprint density at radius 3 is 2.83 bits per heavy atom. The van der Waals surface area contributed by atoms with E-state index in [9.17, 15) is 4.79 Å². The molecule has 1 amide bonds. The summed E-state index contributed by atoms with van der Waals surface area (Å²) in [6, 6.07) is 0. The first kappa shape index (κ1) is 14.7. The molecule has 1 atom stereocenters. The average Bonchev–Trinajstić information content (AvgIpc) is 2.84. The van der Waals surface area contributed by atoms with Gasteiger partial charge >= 0.3 is 0 Å². The van der Waals surface area contributed by atoms with Gasteiger partial charge in [-0.1, -0.05) is 13.8 Å². The number of amides is 1. The molecule has 1 rings (SSSR count). The summed E-state index contributed by atoms with van der Waals surface area (Å²) >= 11 is 0. The predicted molar refractivity (Wildman–Crippen MR) is 71.7 cm³/mol. The van der Waals surface area contributed by atoms with Gasteiger partial charge in [0.1, 0.15) is 0 Å². The summed E-state index contributed by atoms with van der Waals surface area (Å²) in [5, 5.41) is 2.88. The Kier molecular flexibility index (Phi) is 6.43. The van der Waals surface area contributed by atoms with Crippen molar-refractivity contribution in [2.75, 3.05) is 6.54 Å². The number of nitrogens with two attached hydrogens (primary N) is 1. The number of carbonyl (C=O) groups excluding carboxylic acids is 1. The number of hydrogen-bond acceptors (Lipinski definition) is 3. The number of carbonyl (C=O) groups is 1. The molecule has 0 bridgehead atoms. The molecule has 1 aromatic rings. The van der Waals surface area contributed by atoms with Crippen LogP contribution in [0.5, 0.6) is 0 Å². The second kappa shape index (κ2) is 7.87. The first-order chi connectivity index (χ1) is 8.63. The Bertz CT molecular complexity index is 335. The number of hydrogen-bond donors (Lipinski definition) is 3. The van der Waals surface area contributed by atoms with E-state index in [1.54, 1.807) is 12.5 Å². The van der Waals surface area contributed by atoms with Gasteiger partial charge < -0.3 is 16.0 Å². The van der Waals surface area contributed by atoms with Crippen molar-refractivity contribution in [3.05, 3.63) is 18.2 Å². The van der Waals surface area contributed by atoms with Gasteiger partial charge in [0.15, 0.2) is 0 Å². The molecule has 5 nitrogen and oxygen atoms in total. The second-order valence-electron chi connectivity index (χ2n) is 4.97. The van der Waals surface area contributed by atoms with Crippen molar-refractivity contribution in [2.45, 2.75) is 39.7 Å². The van der Waals surface area contributed by atoms with Gasteiger partial charge in [-0.3, -0.25) is 4.79 Å². The largest absolute Gasteiger partial charge is 0.350 e. The lowest BCUT2D eigenvalue weighted by molar-refractivity contribution is -0.121. The Hall–Kier alpha value is -1.36. The summed E-state index contributed by atoms with van der Waals surface area (Å²) < 4.78 is 0. The molecular weight excluding hydrogens is 228 g/mol. The smallest absolute Gasteiger partial charge is 0.220 e. The van der Waals surface area contributed by atoms with Crippen LogP contribution >= 0.6 is 0 Å². The topological polar surface area (TPSA) is 83.8 Å². The van der Waals surface area contributed by atoms with E-state index in [-0.39, 0.29) is 5.91 Å². The van der Waals surface area contributed by atoms with Gasteiger partial charge in [-0.2, -0.15) is 0 Å². The second-order valence-corrected chi connectivity index (χ2v) is 4.97. The van der Waals surface area contributed by atoms with Gasteiger partial charge in [0.25, 0.3) is 0 Å². The van der Waals surface area contributed by atoms with Gasteiger partial charge in [-0.25, -0.2) is 4.98 Å². The molecule has 0 spiro atoms. The maximum atomic E-state index is 11.7. The van der Waals surface area contributed by atoms with Crippen LogP contribution in [0.3, 0.4) is 0 Å². The predicted octanol–water partition coefficient (Wildman–Crippen LogP) is 1.43. The van der Waals surface area contributed by atoms with E-state index in [1.807, 2.05) is 0 Å². The average molecular weight is 252 g/mol. The van der Waals surface area contributed by atoms with Crippen molar-refractivity contribution in [2.24, 2.45) is 17.6 Å². The van der Waals surface area contributed by atoms with E-state index >= 15 is 0 Å². The lowest BCUT2D eigenvalue weighted by atomic mass is 9.88. The van der Waals surface area contributed by atoms with Crippen LogP contribution in [0.25, 0.3) is 0 Å². The Labute approximate surface area is 109 Å². The Morgan fingerprint density at radius 2 is 2.28 bits per heavy atom. The zero-order valence-corrected chi connectivity index (χ0v) is 11.3. The first-order valence-corrected chi connectivity index (χ1v) is 6.57. The number of nitrogens with one attached hydrogen (secondary N) is 2. The van der Waals surface area contributed by atoms with Gasteiger partial charge in [0.05, 0.1) is 18.6 Å². The highest BCUT2D eigenvalue weighted by Gasteiger charge is 2.14. The highest BCUT2D eigenvalue weighted by Crippen LogP contribution is 2.20. The number of aromatic nitrogens is 2. The standard InChI is InChI=1S/C13H24N4O/c1-10(2)11(5-6-14)3-4-13(18)16-8-12-7-15-9-17-12/h7,9-11H,3-6,8,14H2,1-2H3,(H,15,17)(H,16,18). The van der Waals surface area contributed by atoms with E-state index in [4.69, 9.17) is 5.73 Å². The van der Waals surface area contributed by atoms with Gasteiger partial charge in [0, 0.05) is 12.6 Å². The zero-order chi connectivity index (χ0) is 13.4. The fraction of sp³-hybridized carbons (Fsp3) is 0.692. The molecule has 0 aromatic carbocycles. The van der Waals surface area contributed by atoms with Crippen molar-refractivity contribution >= 4 is 5.91 Å². The fourth-order valence-corrected chi connectivity index (χ4v) is 2.01. The Morgan fingerprint density at radius 1 is 1.50 bits per heavy atom. The van der Waals surface area contributed by atoms with Crippen molar-refractivity contribution < 1.29 is 4.79 Å². The summed E-state index contributed by atoms with van der Waals surface area (Å²) in [7, 11) is 0. The highest BCUT2D eigenvalue weighted by atomic mass is 16.1. The summed E-state index contributed by atoms with van der Waals surface area (Å²) in [5.74, 6) is 1.20. The maximum Gasteiger partial charge on any atom is 0.220 e. The third kappa shape index (κ3) is 5.31.